The van der Waals surface area contributed by atoms with Gasteiger partial charge in [-0.3, -0.25) is 9.59 Å². The van der Waals surface area contributed by atoms with Gasteiger partial charge in [-0.2, -0.15) is 0 Å². The van der Waals surface area contributed by atoms with Gasteiger partial charge in [0.25, 0.3) is 5.91 Å². The van der Waals surface area contributed by atoms with Gasteiger partial charge in [0.2, 0.25) is 5.91 Å². The number of amides is 3. The Morgan fingerprint density at radius 3 is 2.37 bits per heavy atom. The van der Waals surface area contributed by atoms with Crippen molar-refractivity contribution in [3.8, 4) is 0 Å². The standard InChI is InChI=1S/C33H46ClN3O4/c1-9-11-12-19-37(31(39)27(20-22(3)4)35-32(40)41-33(6,7)8)29(25-17-14-16-24(10-2)21-25)30(38)36-28-23(5)15-13-18-26(28)34/h10,13-18,21-22,27,29H,2,9,11-12,19-20H2,1,3-8H3,(H,35,40)(H,36,38). The summed E-state index contributed by atoms with van der Waals surface area (Å²) < 4.78 is 5.48. The minimum Gasteiger partial charge on any atom is -0.444 e. The van der Waals surface area contributed by atoms with Gasteiger partial charge in [-0.05, 0) is 75.3 Å². The van der Waals surface area contributed by atoms with Crippen molar-refractivity contribution in [3.63, 3.8) is 0 Å². The molecule has 0 aliphatic carbocycles. The van der Waals surface area contributed by atoms with E-state index in [9.17, 15) is 14.4 Å². The Morgan fingerprint density at radius 1 is 1.10 bits per heavy atom. The molecule has 0 spiro atoms. The maximum Gasteiger partial charge on any atom is 0.408 e. The Morgan fingerprint density at radius 2 is 1.78 bits per heavy atom. The second kappa shape index (κ2) is 15.6. The van der Waals surface area contributed by atoms with Gasteiger partial charge in [-0.25, -0.2) is 4.79 Å². The SMILES string of the molecule is C=Cc1cccc(C(C(=O)Nc2c(C)cccc2Cl)N(CCCCC)C(=O)C(CC(C)C)NC(=O)OC(C)(C)C)c1. The third-order valence-corrected chi connectivity index (χ3v) is 6.79. The monoisotopic (exact) mass is 583 g/mol. The molecule has 0 saturated heterocycles. The van der Waals surface area contributed by atoms with Crippen LogP contribution in [0.2, 0.25) is 5.02 Å². The van der Waals surface area contributed by atoms with E-state index in [2.05, 4.69) is 24.1 Å². The average Bonchev–Trinajstić information content (AvgIpc) is 2.88. The van der Waals surface area contributed by atoms with E-state index in [1.54, 1.807) is 37.8 Å². The normalized spacial score (nSPS) is 12.8. The minimum absolute atomic E-state index is 0.0959. The van der Waals surface area contributed by atoms with Gasteiger partial charge in [-0.1, -0.05) is 88.2 Å². The van der Waals surface area contributed by atoms with Gasteiger partial charge in [0.15, 0.2) is 0 Å². The Bertz CT molecular complexity index is 1180. The summed E-state index contributed by atoms with van der Waals surface area (Å²) in [6.45, 7) is 17.4. The van der Waals surface area contributed by atoms with Crippen molar-refractivity contribution in [1.29, 1.82) is 0 Å². The number of ether oxygens (including phenoxy) is 1. The van der Waals surface area contributed by atoms with E-state index in [-0.39, 0.29) is 11.8 Å². The average molecular weight is 584 g/mol. The molecule has 224 valence electrons. The molecule has 3 amide bonds. The lowest BCUT2D eigenvalue weighted by Gasteiger charge is -2.35. The fraction of sp³-hybridized carbons (Fsp3) is 0.485. The van der Waals surface area contributed by atoms with E-state index in [0.29, 0.717) is 35.7 Å². The zero-order chi connectivity index (χ0) is 30.7. The lowest BCUT2D eigenvalue weighted by atomic mass is 9.97. The number of hydrogen-bond donors (Lipinski definition) is 2. The van der Waals surface area contributed by atoms with Crippen LogP contribution in [0, 0.1) is 12.8 Å². The number of anilines is 1. The number of carbonyl (C=O) groups is 3. The second-order valence-electron chi connectivity index (χ2n) is 11.8. The molecule has 0 bridgehead atoms. The van der Waals surface area contributed by atoms with Crippen LogP contribution in [0.15, 0.2) is 49.0 Å². The first-order chi connectivity index (χ1) is 19.3. The van der Waals surface area contributed by atoms with Gasteiger partial charge in [-0.15, -0.1) is 0 Å². The number of carbonyl (C=O) groups excluding carboxylic acids is 3. The first-order valence-electron chi connectivity index (χ1n) is 14.4. The van der Waals surface area contributed by atoms with Crippen molar-refractivity contribution in [3.05, 3.63) is 70.8 Å². The number of hydrogen-bond acceptors (Lipinski definition) is 4. The Hall–Kier alpha value is -3.32. The second-order valence-corrected chi connectivity index (χ2v) is 12.2. The Balaban J connectivity index is 2.62. The number of rotatable bonds is 13. The summed E-state index contributed by atoms with van der Waals surface area (Å²) in [6, 6.07) is 10.9. The van der Waals surface area contributed by atoms with E-state index < -0.39 is 29.7 Å². The van der Waals surface area contributed by atoms with Crippen molar-refractivity contribution in [1.82, 2.24) is 10.2 Å². The Kier molecular flexibility index (Phi) is 12.9. The van der Waals surface area contributed by atoms with Crippen LogP contribution in [0.1, 0.15) is 90.0 Å². The molecule has 0 fully saturated rings. The maximum absolute atomic E-state index is 14.4. The molecule has 41 heavy (non-hydrogen) atoms. The molecule has 0 heterocycles. The number of nitrogens with zero attached hydrogens (tertiary/aromatic N) is 1. The lowest BCUT2D eigenvalue weighted by Crippen LogP contribution is -2.53. The van der Waals surface area contributed by atoms with Crippen molar-refractivity contribution in [2.24, 2.45) is 5.92 Å². The van der Waals surface area contributed by atoms with Gasteiger partial charge < -0.3 is 20.3 Å². The molecule has 0 aromatic heterocycles. The van der Waals surface area contributed by atoms with E-state index in [4.69, 9.17) is 16.3 Å². The van der Waals surface area contributed by atoms with Crippen LogP contribution in [0.3, 0.4) is 0 Å². The smallest absolute Gasteiger partial charge is 0.408 e. The third-order valence-electron chi connectivity index (χ3n) is 6.47. The third kappa shape index (κ3) is 10.5. The first kappa shape index (κ1) is 33.9. The molecule has 2 N–H and O–H groups in total. The summed E-state index contributed by atoms with van der Waals surface area (Å²) in [7, 11) is 0. The molecule has 2 unspecified atom stereocenters. The van der Waals surface area contributed by atoms with E-state index in [1.807, 2.05) is 57.2 Å². The number of unbranched alkanes of at least 4 members (excludes halogenated alkanes) is 2. The van der Waals surface area contributed by atoms with Gasteiger partial charge in [0.05, 0.1) is 10.7 Å². The van der Waals surface area contributed by atoms with E-state index >= 15 is 0 Å². The van der Waals surface area contributed by atoms with Crippen molar-refractivity contribution >= 4 is 41.3 Å². The highest BCUT2D eigenvalue weighted by Gasteiger charge is 2.36. The van der Waals surface area contributed by atoms with Crippen molar-refractivity contribution in [2.45, 2.75) is 91.8 Å². The number of aryl methyl sites for hydroxylation is 1. The molecule has 0 saturated carbocycles. The van der Waals surface area contributed by atoms with Gasteiger partial charge in [0.1, 0.15) is 17.7 Å². The summed E-state index contributed by atoms with van der Waals surface area (Å²) >= 11 is 6.46. The van der Waals surface area contributed by atoms with E-state index in [0.717, 1.165) is 24.0 Å². The molecule has 2 aromatic carbocycles. The van der Waals surface area contributed by atoms with Crippen molar-refractivity contribution in [2.75, 3.05) is 11.9 Å². The molecule has 2 aromatic rings. The highest BCUT2D eigenvalue weighted by atomic mass is 35.5. The van der Waals surface area contributed by atoms with Crippen LogP contribution in [-0.4, -0.2) is 41.0 Å². The summed E-state index contributed by atoms with van der Waals surface area (Å²) in [5.41, 5.74) is 2.03. The van der Waals surface area contributed by atoms with Crippen LogP contribution in [0.4, 0.5) is 10.5 Å². The molecule has 7 nitrogen and oxygen atoms in total. The van der Waals surface area contributed by atoms with Gasteiger partial charge in [0, 0.05) is 6.54 Å². The van der Waals surface area contributed by atoms with Crippen LogP contribution in [0.5, 0.6) is 0 Å². The largest absolute Gasteiger partial charge is 0.444 e. The maximum atomic E-state index is 14.4. The van der Waals surface area contributed by atoms with E-state index in [1.165, 1.54) is 0 Å². The minimum atomic E-state index is -0.981. The molecule has 8 heteroatoms. The molecule has 2 atom stereocenters. The topological polar surface area (TPSA) is 87.7 Å². The quantitative estimate of drug-likeness (QED) is 0.234. The molecular weight excluding hydrogens is 538 g/mol. The fourth-order valence-electron chi connectivity index (χ4n) is 4.55. The Labute approximate surface area is 250 Å². The number of halogens is 1. The predicted molar refractivity (Wildman–Crippen MR) is 168 cm³/mol. The van der Waals surface area contributed by atoms with Crippen molar-refractivity contribution < 1.29 is 19.1 Å². The van der Waals surface area contributed by atoms with Crippen LogP contribution in [-0.2, 0) is 14.3 Å². The zero-order valence-corrected chi connectivity index (χ0v) is 26.3. The first-order valence-corrected chi connectivity index (χ1v) is 14.7. The number of benzene rings is 2. The highest BCUT2D eigenvalue weighted by molar-refractivity contribution is 6.34. The van der Waals surface area contributed by atoms with Crippen LogP contribution >= 0.6 is 11.6 Å². The number of alkyl carbamates (subject to hydrolysis) is 1. The molecule has 2 rings (SSSR count). The van der Waals surface area contributed by atoms with Gasteiger partial charge >= 0.3 is 6.09 Å². The summed E-state index contributed by atoms with van der Waals surface area (Å²) in [6.07, 6.45) is 3.92. The fourth-order valence-corrected chi connectivity index (χ4v) is 4.82. The van der Waals surface area contributed by atoms with Crippen LogP contribution < -0.4 is 10.6 Å². The highest BCUT2D eigenvalue weighted by Crippen LogP contribution is 2.30. The summed E-state index contributed by atoms with van der Waals surface area (Å²) in [5.74, 6) is -0.646. The predicted octanol–water partition coefficient (Wildman–Crippen LogP) is 7.93. The number of nitrogens with one attached hydrogen (secondary N) is 2. The molecule has 0 aliphatic heterocycles. The molecule has 0 radical (unpaired) electrons. The van der Waals surface area contributed by atoms with Crippen LogP contribution in [0.25, 0.3) is 6.08 Å². The summed E-state index contributed by atoms with van der Waals surface area (Å²) in [5, 5.41) is 6.19. The molecular formula is C33H46ClN3O4. The molecule has 0 aliphatic rings. The lowest BCUT2D eigenvalue weighted by molar-refractivity contribution is -0.141. The summed E-state index contributed by atoms with van der Waals surface area (Å²) in [4.78, 5) is 42.9. The number of para-hydroxylation sites is 1. The zero-order valence-electron chi connectivity index (χ0n) is 25.6.